The summed E-state index contributed by atoms with van der Waals surface area (Å²) in [5, 5.41) is 8.61. The summed E-state index contributed by atoms with van der Waals surface area (Å²) in [6.45, 7) is 9.71. The Bertz CT molecular complexity index is 82.6. The normalized spacial score (nSPS) is 17.4. The Morgan fingerprint density at radius 3 is 2.00 bits per heavy atom. The molecular formula is C5H9NO. The molecular weight excluding hydrogens is 90.1 g/mol. The van der Waals surface area contributed by atoms with Crippen molar-refractivity contribution in [1.29, 1.82) is 0 Å². The van der Waals surface area contributed by atoms with E-state index in [0.717, 1.165) is 0 Å². The Labute approximate surface area is 43.6 Å². The molecule has 0 radical (unpaired) electrons. The fraction of sp³-hybridized carbons (Fsp3) is 0.800. The molecule has 0 rings (SSSR count). The van der Waals surface area contributed by atoms with E-state index in [-0.39, 0.29) is 6.04 Å². The Kier molecular flexibility index (Phi) is 2.39. The first-order valence-electron chi connectivity index (χ1n) is 2.23. The van der Waals surface area contributed by atoms with E-state index in [1.807, 2.05) is 0 Å². The van der Waals surface area contributed by atoms with Gasteiger partial charge >= 0.3 is 0 Å². The molecule has 0 heterocycles. The van der Waals surface area contributed by atoms with Crippen molar-refractivity contribution in [3.8, 4) is 0 Å². The van der Waals surface area contributed by atoms with E-state index in [1.54, 1.807) is 13.8 Å². The van der Waals surface area contributed by atoms with Gasteiger partial charge < -0.3 is 9.95 Å². The zero-order valence-electron chi connectivity index (χ0n) is 4.55. The predicted molar refractivity (Wildman–Crippen MR) is 27.7 cm³/mol. The van der Waals surface area contributed by atoms with Gasteiger partial charge in [0.05, 0.1) is 0 Å². The molecule has 2 heteroatoms. The van der Waals surface area contributed by atoms with Crippen LogP contribution in [0.5, 0.6) is 0 Å². The number of rotatable bonds is 1. The van der Waals surface area contributed by atoms with Gasteiger partial charge in [-0.1, -0.05) is 0 Å². The average molecular weight is 99.1 g/mol. The van der Waals surface area contributed by atoms with E-state index in [9.17, 15) is 0 Å². The van der Waals surface area contributed by atoms with Gasteiger partial charge in [0.15, 0.2) is 0 Å². The summed E-state index contributed by atoms with van der Waals surface area (Å²) in [6, 6.07) is -0.250. The molecule has 0 spiro atoms. The Morgan fingerprint density at radius 2 is 2.00 bits per heavy atom. The van der Waals surface area contributed by atoms with Crippen molar-refractivity contribution in [3.05, 3.63) is 11.4 Å². The molecule has 0 saturated carbocycles. The van der Waals surface area contributed by atoms with Crippen molar-refractivity contribution < 1.29 is 5.11 Å². The maximum atomic E-state index is 8.61. The number of aliphatic hydroxyl groups is 1. The quantitative estimate of drug-likeness (QED) is 0.480. The van der Waals surface area contributed by atoms with Crippen LogP contribution >= 0.6 is 0 Å². The molecule has 0 amide bonds. The third kappa shape index (κ3) is 2.18. The zero-order chi connectivity index (χ0) is 5.86. The van der Waals surface area contributed by atoms with Crippen LogP contribution in [0.4, 0.5) is 0 Å². The molecule has 0 fully saturated rings. The molecule has 7 heavy (non-hydrogen) atoms. The maximum absolute atomic E-state index is 8.61. The van der Waals surface area contributed by atoms with E-state index in [2.05, 4.69) is 4.85 Å². The largest absolute Gasteiger partial charge is 0.385 e. The van der Waals surface area contributed by atoms with Crippen molar-refractivity contribution in [2.45, 2.75) is 26.0 Å². The lowest BCUT2D eigenvalue weighted by Crippen LogP contribution is -2.13. The standard InChI is InChI=1S/C5H9NO/c1-4(6-3)5(2)7/h4-5,7H,1-2H3. The monoisotopic (exact) mass is 99.1 g/mol. The van der Waals surface area contributed by atoms with Crippen LogP contribution in [0.1, 0.15) is 13.8 Å². The summed E-state index contributed by atoms with van der Waals surface area (Å²) < 4.78 is 0. The molecule has 0 aromatic rings. The fourth-order valence-corrected chi connectivity index (χ4v) is 0.108. The van der Waals surface area contributed by atoms with Crippen molar-refractivity contribution in [1.82, 2.24) is 0 Å². The van der Waals surface area contributed by atoms with Gasteiger partial charge in [0, 0.05) is 6.92 Å². The molecule has 1 N–H and O–H groups in total. The van der Waals surface area contributed by atoms with Gasteiger partial charge in [-0.2, -0.15) is 0 Å². The van der Waals surface area contributed by atoms with Gasteiger partial charge in [-0.05, 0) is 6.92 Å². The Morgan fingerprint density at radius 1 is 1.57 bits per heavy atom. The first kappa shape index (κ1) is 6.45. The minimum absolute atomic E-state index is 0.250. The highest BCUT2D eigenvalue weighted by atomic mass is 16.3. The molecule has 0 aliphatic rings. The molecule has 2 atom stereocenters. The molecule has 0 aliphatic carbocycles. The summed E-state index contributed by atoms with van der Waals surface area (Å²) in [6.07, 6.45) is -0.488. The topological polar surface area (TPSA) is 24.6 Å². The summed E-state index contributed by atoms with van der Waals surface area (Å²) in [5.74, 6) is 0. The van der Waals surface area contributed by atoms with Crippen LogP contribution in [0.2, 0.25) is 0 Å². The number of nitrogens with zero attached hydrogens (tertiary/aromatic N) is 1. The number of hydrogen-bond acceptors (Lipinski definition) is 1. The average Bonchev–Trinajstić information content (AvgIpc) is 1.65. The highest BCUT2D eigenvalue weighted by molar-refractivity contribution is 4.77. The number of aliphatic hydroxyl groups excluding tert-OH is 1. The van der Waals surface area contributed by atoms with Gasteiger partial charge in [-0.15, -0.1) is 0 Å². The van der Waals surface area contributed by atoms with Gasteiger partial charge in [-0.25, -0.2) is 6.57 Å². The second kappa shape index (κ2) is 2.59. The molecule has 2 unspecified atom stereocenters. The van der Waals surface area contributed by atoms with Gasteiger partial charge in [0.1, 0.15) is 6.10 Å². The second-order valence-corrected chi connectivity index (χ2v) is 1.61. The molecule has 0 aromatic carbocycles. The highest BCUT2D eigenvalue weighted by Gasteiger charge is 2.09. The smallest absolute Gasteiger partial charge is 0.246 e. The lowest BCUT2D eigenvalue weighted by molar-refractivity contribution is 0.183. The number of hydrogen-bond donors (Lipinski definition) is 1. The first-order valence-corrected chi connectivity index (χ1v) is 2.23. The van der Waals surface area contributed by atoms with Crippen LogP contribution in [-0.4, -0.2) is 17.3 Å². The zero-order valence-corrected chi connectivity index (χ0v) is 4.55. The summed E-state index contributed by atoms with van der Waals surface area (Å²) in [5.41, 5.74) is 0. The van der Waals surface area contributed by atoms with Crippen LogP contribution in [0.3, 0.4) is 0 Å². The first-order chi connectivity index (χ1) is 3.18. The minimum atomic E-state index is -0.488. The molecule has 0 aromatic heterocycles. The maximum Gasteiger partial charge on any atom is 0.246 e. The summed E-state index contributed by atoms with van der Waals surface area (Å²) in [4.78, 5) is 3.09. The van der Waals surface area contributed by atoms with Gasteiger partial charge in [0.25, 0.3) is 0 Å². The lowest BCUT2D eigenvalue weighted by Gasteiger charge is -1.98. The van der Waals surface area contributed by atoms with Crippen molar-refractivity contribution in [2.75, 3.05) is 0 Å². The molecule has 0 saturated heterocycles. The highest BCUT2D eigenvalue weighted by Crippen LogP contribution is 1.93. The Hall–Kier alpha value is -0.550. The fourth-order valence-electron chi connectivity index (χ4n) is 0.108. The third-order valence-electron chi connectivity index (χ3n) is 0.902. The predicted octanol–water partition coefficient (Wildman–Crippen LogP) is 0.675. The molecule has 0 bridgehead atoms. The van der Waals surface area contributed by atoms with Gasteiger partial charge in [0.2, 0.25) is 6.04 Å². The molecule has 40 valence electrons. The lowest BCUT2D eigenvalue weighted by atomic mass is 10.2. The van der Waals surface area contributed by atoms with Crippen LogP contribution in [0.15, 0.2) is 0 Å². The third-order valence-corrected chi connectivity index (χ3v) is 0.902. The second-order valence-electron chi connectivity index (χ2n) is 1.61. The van der Waals surface area contributed by atoms with Crippen LogP contribution < -0.4 is 0 Å². The summed E-state index contributed by atoms with van der Waals surface area (Å²) >= 11 is 0. The summed E-state index contributed by atoms with van der Waals surface area (Å²) in [7, 11) is 0. The van der Waals surface area contributed by atoms with Crippen LogP contribution in [0, 0.1) is 6.57 Å². The SMILES string of the molecule is [C-]#[N+]C(C)C(C)O. The van der Waals surface area contributed by atoms with E-state index in [0.29, 0.717) is 0 Å². The van der Waals surface area contributed by atoms with Crippen molar-refractivity contribution in [3.63, 3.8) is 0 Å². The van der Waals surface area contributed by atoms with E-state index in [4.69, 9.17) is 11.7 Å². The van der Waals surface area contributed by atoms with Crippen molar-refractivity contribution in [2.24, 2.45) is 0 Å². The molecule has 2 nitrogen and oxygen atoms in total. The van der Waals surface area contributed by atoms with E-state index >= 15 is 0 Å². The molecule has 0 aliphatic heterocycles. The van der Waals surface area contributed by atoms with Crippen molar-refractivity contribution >= 4 is 0 Å². The van der Waals surface area contributed by atoms with E-state index < -0.39 is 6.10 Å². The van der Waals surface area contributed by atoms with Crippen LogP contribution in [-0.2, 0) is 0 Å². The Balaban J connectivity index is 3.40. The van der Waals surface area contributed by atoms with E-state index in [1.165, 1.54) is 0 Å². The van der Waals surface area contributed by atoms with Gasteiger partial charge in [-0.3, -0.25) is 0 Å². The van der Waals surface area contributed by atoms with Crippen LogP contribution in [0.25, 0.3) is 4.85 Å². The minimum Gasteiger partial charge on any atom is -0.385 e.